The average Bonchev–Trinajstić information content (AvgIpc) is 2.60. The third-order valence-corrected chi connectivity index (χ3v) is 4.93. The molecule has 0 bridgehead atoms. The molecule has 1 heterocycles. The lowest BCUT2D eigenvalue weighted by Gasteiger charge is -2.21. The molecule has 0 aliphatic rings. The Hall–Kier alpha value is -2.88. The molecule has 1 amide bonds. The van der Waals surface area contributed by atoms with Gasteiger partial charge in [-0.3, -0.25) is 9.59 Å². The number of nitrogens with zero attached hydrogens (tertiary/aromatic N) is 1. The number of H-pyrrole nitrogens is 1. The van der Waals surface area contributed by atoms with Crippen molar-refractivity contribution in [1.82, 2.24) is 9.88 Å². The number of rotatable bonds is 4. The molecule has 26 heavy (non-hydrogen) atoms. The van der Waals surface area contributed by atoms with Crippen molar-refractivity contribution >= 4 is 16.8 Å². The van der Waals surface area contributed by atoms with Crippen LogP contribution in [0, 0.1) is 20.8 Å². The fourth-order valence-electron chi connectivity index (χ4n) is 3.09. The van der Waals surface area contributed by atoms with Crippen LogP contribution in [0.15, 0.2) is 47.3 Å². The van der Waals surface area contributed by atoms with E-state index in [0.29, 0.717) is 18.7 Å². The van der Waals surface area contributed by atoms with Crippen LogP contribution >= 0.6 is 0 Å². The van der Waals surface area contributed by atoms with Crippen LogP contribution in [-0.4, -0.2) is 15.8 Å². The van der Waals surface area contributed by atoms with E-state index >= 15 is 0 Å². The second-order valence-electron chi connectivity index (χ2n) is 6.96. The fourth-order valence-corrected chi connectivity index (χ4v) is 3.09. The molecule has 0 atom stereocenters. The maximum atomic E-state index is 12.6. The molecule has 4 heteroatoms. The number of carbonyl (C=O) groups is 1. The number of aryl methyl sites for hydroxylation is 3. The zero-order valence-corrected chi connectivity index (χ0v) is 15.7. The molecular weight excluding hydrogens is 324 g/mol. The summed E-state index contributed by atoms with van der Waals surface area (Å²) in [6.07, 6.45) is 0. The van der Waals surface area contributed by atoms with Crippen LogP contribution in [0.1, 0.15) is 34.7 Å². The molecule has 0 aliphatic heterocycles. The highest BCUT2D eigenvalue weighted by Gasteiger charge is 2.14. The van der Waals surface area contributed by atoms with Gasteiger partial charge in [0.1, 0.15) is 0 Å². The average molecular weight is 348 g/mol. The molecule has 1 aromatic heterocycles. The molecule has 0 fully saturated rings. The van der Waals surface area contributed by atoms with E-state index in [4.69, 9.17) is 0 Å². The number of aromatic nitrogens is 1. The largest absolute Gasteiger partial charge is 0.334 e. The molecule has 0 spiro atoms. The van der Waals surface area contributed by atoms with Crippen molar-refractivity contribution in [3.8, 4) is 0 Å². The summed E-state index contributed by atoms with van der Waals surface area (Å²) in [6.45, 7) is 8.38. The van der Waals surface area contributed by atoms with Gasteiger partial charge in [-0.2, -0.15) is 0 Å². The van der Waals surface area contributed by atoms with Crippen molar-refractivity contribution in [3.63, 3.8) is 0 Å². The number of benzene rings is 2. The summed E-state index contributed by atoms with van der Waals surface area (Å²) in [4.78, 5) is 29.4. The van der Waals surface area contributed by atoms with Crippen molar-refractivity contribution in [3.05, 3.63) is 80.6 Å². The maximum Gasteiger partial charge on any atom is 0.253 e. The smallest absolute Gasteiger partial charge is 0.253 e. The minimum Gasteiger partial charge on any atom is -0.334 e. The van der Waals surface area contributed by atoms with Crippen LogP contribution in [0.4, 0.5) is 0 Å². The number of nitrogens with one attached hydrogen (secondary N) is 1. The second kappa shape index (κ2) is 7.16. The summed E-state index contributed by atoms with van der Waals surface area (Å²) < 4.78 is 0. The number of fused-ring (bicyclic) bond motifs is 1. The number of amides is 1. The lowest BCUT2D eigenvalue weighted by atomic mass is 10.0. The van der Waals surface area contributed by atoms with Gasteiger partial charge in [-0.05, 0) is 48.9 Å². The predicted octanol–water partition coefficient (Wildman–Crippen LogP) is 4.00. The second-order valence-corrected chi connectivity index (χ2v) is 6.96. The quantitative estimate of drug-likeness (QED) is 0.775. The van der Waals surface area contributed by atoms with Crippen LogP contribution < -0.4 is 5.56 Å². The van der Waals surface area contributed by atoms with Crippen LogP contribution in [0.3, 0.4) is 0 Å². The third-order valence-electron chi connectivity index (χ3n) is 4.93. The molecule has 134 valence electrons. The minimum atomic E-state index is -0.138. The van der Waals surface area contributed by atoms with Crippen LogP contribution in [0.25, 0.3) is 10.9 Å². The highest BCUT2D eigenvalue weighted by molar-refractivity contribution is 5.83. The van der Waals surface area contributed by atoms with Gasteiger partial charge in [0.05, 0.1) is 12.1 Å². The van der Waals surface area contributed by atoms with E-state index in [0.717, 1.165) is 27.6 Å². The lowest BCUT2D eigenvalue weighted by Crippen LogP contribution is -2.30. The van der Waals surface area contributed by atoms with E-state index in [1.54, 1.807) is 4.90 Å². The Morgan fingerprint density at radius 1 is 1.00 bits per heavy atom. The van der Waals surface area contributed by atoms with Gasteiger partial charge >= 0.3 is 0 Å². The topological polar surface area (TPSA) is 53.2 Å². The normalized spacial score (nSPS) is 10.9. The van der Waals surface area contributed by atoms with E-state index in [-0.39, 0.29) is 11.5 Å². The molecule has 4 nitrogen and oxygen atoms in total. The standard InChI is InChI=1S/C22H24N2O2/c1-14-5-8-18(9-6-14)12-24(17(4)25)13-20-11-19-10-7-15(2)16(3)21(19)23-22(20)26/h5-11H,12-13H2,1-4H3,(H,23,26). The third kappa shape index (κ3) is 3.69. The molecule has 0 aliphatic carbocycles. The Morgan fingerprint density at radius 2 is 1.69 bits per heavy atom. The Bertz CT molecular complexity index is 1020. The first kappa shape index (κ1) is 17.9. The number of pyridine rings is 1. The van der Waals surface area contributed by atoms with Crippen LogP contribution in [-0.2, 0) is 17.9 Å². The molecule has 0 radical (unpaired) electrons. The van der Waals surface area contributed by atoms with Crippen molar-refractivity contribution in [2.75, 3.05) is 0 Å². The predicted molar refractivity (Wildman–Crippen MR) is 105 cm³/mol. The van der Waals surface area contributed by atoms with Gasteiger partial charge in [0, 0.05) is 19.0 Å². The highest BCUT2D eigenvalue weighted by Crippen LogP contribution is 2.19. The Labute approximate surface area is 153 Å². The van der Waals surface area contributed by atoms with Crippen LogP contribution in [0.2, 0.25) is 0 Å². The molecule has 3 aromatic rings. The van der Waals surface area contributed by atoms with E-state index < -0.39 is 0 Å². The number of aromatic amines is 1. The fraction of sp³-hybridized carbons (Fsp3) is 0.273. The van der Waals surface area contributed by atoms with Crippen molar-refractivity contribution in [2.45, 2.75) is 40.8 Å². The van der Waals surface area contributed by atoms with E-state index in [9.17, 15) is 9.59 Å². The molecule has 2 aromatic carbocycles. The lowest BCUT2D eigenvalue weighted by molar-refractivity contribution is -0.130. The van der Waals surface area contributed by atoms with Crippen molar-refractivity contribution in [1.29, 1.82) is 0 Å². The monoisotopic (exact) mass is 348 g/mol. The first-order valence-electron chi connectivity index (χ1n) is 8.78. The van der Waals surface area contributed by atoms with Crippen molar-refractivity contribution < 1.29 is 4.79 Å². The molecule has 0 saturated carbocycles. The first-order chi connectivity index (χ1) is 12.3. The SMILES string of the molecule is CC(=O)N(Cc1ccc(C)cc1)Cc1cc2ccc(C)c(C)c2[nH]c1=O. The number of carbonyl (C=O) groups excluding carboxylic acids is 1. The zero-order valence-electron chi connectivity index (χ0n) is 15.7. The molecule has 0 saturated heterocycles. The van der Waals surface area contributed by atoms with Crippen LogP contribution in [0.5, 0.6) is 0 Å². The van der Waals surface area contributed by atoms with Gasteiger partial charge in [0.2, 0.25) is 5.91 Å². The van der Waals surface area contributed by atoms with Gasteiger partial charge in [0.15, 0.2) is 0 Å². The van der Waals surface area contributed by atoms with Gasteiger partial charge in [-0.15, -0.1) is 0 Å². The Balaban J connectivity index is 1.93. The molecular formula is C22H24N2O2. The highest BCUT2D eigenvalue weighted by atomic mass is 16.2. The van der Waals surface area contributed by atoms with Gasteiger partial charge < -0.3 is 9.88 Å². The summed E-state index contributed by atoms with van der Waals surface area (Å²) in [5.41, 5.74) is 5.78. The summed E-state index contributed by atoms with van der Waals surface area (Å²) in [5, 5.41) is 0.988. The van der Waals surface area contributed by atoms with E-state index in [1.807, 2.05) is 57.2 Å². The van der Waals surface area contributed by atoms with E-state index in [2.05, 4.69) is 11.1 Å². The first-order valence-corrected chi connectivity index (χ1v) is 8.78. The molecule has 1 N–H and O–H groups in total. The Morgan fingerprint density at radius 3 is 2.35 bits per heavy atom. The Kier molecular flexibility index (Phi) is 4.94. The minimum absolute atomic E-state index is 0.0508. The molecule has 3 rings (SSSR count). The maximum absolute atomic E-state index is 12.6. The van der Waals surface area contributed by atoms with Crippen molar-refractivity contribution in [2.24, 2.45) is 0 Å². The van der Waals surface area contributed by atoms with Gasteiger partial charge in [0.25, 0.3) is 5.56 Å². The summed E-state index contributed by atoms with van der Waals surface area (Å²) in [5.74, 6) is -0.0508. The number of hydrogen-bond donors (Lipinski definition) is 1. The summed E-state index contributed by atoms with van der Waals surface area (Å²) in [7, 11) is 0. The zero-order chi connectivity index (χ0) is 18.8. The van der Waals surface area contributed by atoms with Gasteiger partial charge in [-0.25, -0.2) is 0 Å². The summed E-state index contributed by atoms with van der Waals surface area (Å²) >= 11 is 0. The van der Waals surface area contributed by atoms with E-state index in [1.165, 1.54) is 12.5 Å². The van der Waals surface area contributed by atoms with Gasteiger partial charge in [-0.1, -0.05) is 42.0 Å². The molecule has 0 unspecified atom stereocenters. The summed E-state index contributed by atoms with van der Waals surface area (Å²) in [6, 6.07) is 14.0. The number of hydrogen-bond acceptors (Lipinski definition) is 2.